The Bertz CT molecular complexity index is 885. The second-order valence-corrected chi connectivity index (χ2v) is 6.04. The number of benzene rings is 1. The van der Waals surface area contributed by atoms with Crippen LogP contribution < -0.4 is 14.8 Å². The number of furan rings is 1. The van der Waals surface area contributed by atoms with Crippen molar-refractivity contribution in [3.63, 3.8) is 0 Å². The molecule has 0 unspecified atom stereocenters. The number of aromatic nitrogens is 1. The number of carbonyl (C=O) groups is 1. The van der Waals surface area contributed by atoms with E-state index < -0.39 is 0 Å². The second-order valence-electron chi connectivity index (χ2n) is 5.18. The summed E-state index contributed by atoms with van der Waals surface area (Å²) >= 11 is 1.33. The topological polar surface area (TPSA) is 73.6 Å². The molecule has 0 saturated heterocycles. The molecule has 0 aliphatic rings. The predicted molar refractivity (Wildman–Crippen MR) is 96.7 cm³/mol. The smallest absolute Gasteiger partial charge is 0.293 e. The fourth-order valence-electron chi connectivity index (χ4n) is 2.32. The number of carbonyl (C=O) groups excluding carboxylic acids is 1. The lowest BCUT2D eigenvalue weighted by molar-refractivity contribution is 0.0995. The first kappa shape index (κ1) is 17.0. The zero-order valence-electron chi connectivity index (χ0n) is 14.2. The molecule has 1 N–H and O–H groups in total. The van der Waals surface area contributed by atoms with Crippen LogP contribution in [0.2, 0.25) is 0 Å². The highest BCUT2D eigenvalue weighted by atomic mass is 32.1. The van der Waals surface area contributed by atoms with E-state index in [1.807, 2.05) is 30.5 Å². The molecule has 7 heteroatoms. The minimum Gasteiger partial charge on any atom is -0.497 e. The quantitative estimate of drug-likeness (QED) is 0.714. The van der Waals surface area contributed by atoms with Crippen LogP contribution in [0.3, 0.4) is 0 Å². The molecule has 0 fully saturated rings. The lowest BCUT2D eigenvalue weighted by Gasteiger charge is -2.08. The van der Waals surface area contributed by atoms with Gasteiger partial charge < -0.3 is 13.9 Å². The molecule has 6 nitrogen and oxygen atoms in total. The standard InChI is InChI=1S/C18H18N2O4S/c1-4-11-5-8-16(24-11)17(21)20-18-19-14(10-25-18)13-9-12(22-2)6-7-15(13)23-3/h5-10H,4H2,1-3H3,(H,19,20,21). The Labute approximate surface area is 149 Å². The third-order valence-corrected chi connectivity index (χ3v) is 4.40. The predicted octanol–water partition coefficient (Wildman–Crippen LogP) is 4.24. The molecular formula is C18H18N2O4S. The number of rotatable bonds is 6. The summed E-state index contributed by atoms with van der Waals surface area (Å²) in [5, 5.41) is 5.09. The summed E-state index contributed by atoms with van der Waals surface area (Å²) in [5.41, 5.74) is 1.50. The number of methoxy groups -OCH3 is 2. The molecule has 0 aliphatic heterocycles. The van der Waals surface area contributed by atoms with Crippen molar-refractivity contribution >= 4 is 22.4 Å². The molecule has 3 rings (SSSR count). The monoisotopic (exact) mass is 358 g/mol. The summed E-state index contributed by atoms with van der Waals surface area (Å²) in [7, 11) is 3.20. The number of hydrogen-bond donors (Lipinski definition) is 1. The van der Waals surface area contributed by atoms with Crippen molar-refractivity contribution in [3.8, 4) is 22.8 Å². The van der Waals surface area contributed by atoms with Crippen LogP contribution in [0.4, 0.5) is 5.13 Å². The Hall–Kier alpha value is -2.80. The minimum atomic E-state index is -0.321. The fraction of sp³-hybridized carbons (Fsp3) is 0.222. The molecule has 0 aliphatic carbocycles. The van der Waals surface area contributed by atoms with Crippen molar-refractivity contribution < 1.29 is 18.7 Å². The lowest BCUT2D eigenvalue weighted by Crippen LogP contribution is -2.10. The number of anilines is 1. The molecule has 130 valence electrons. The van der Waals surface area contributed by atoms with Crippen LogP contribution in [-0.2, 0) is 6.42 Å². The van der Waals surface area contributed by atoms with Gasteiger partial charge in [-0.2, -0.15) is 0 Å². The van der Waals surface area contributed by atoms with E-state index in [9.17, 15) is 4.79 Å². The molecule has 2 aromatic heterocycles. The summed E-state index contributed by atoms with van der Waals surface area (Å²) < 4.78 is 16.1. The number of nitrogens with zero attached hydrogens (tertiary/aromatic N) is 1. The highest BCUT2D eigenvalue weighted by molar-refractivity contribution is 7.14. The third kappa shape index (κ3) is 3.66. The van der Waals surface area contributed by atoms with Crippen LogP contribution in [0.25, 0.3) is 11.3 Å². The largest absolute Gasteiger partial charge is 0.497 e. The van der Waals surface area contributed by atoms with Crippen LogP contribution in [0, 0.1) is 0 Å². The lowest BCUT2D eigenvalue weighted by atomic mass is 10.1. The van der Waals surface area contributed by atoms with Gasteiger partial charge >= 0.3 is 0 Å². The molecule has 0 spiro atoms. The van der Waals surface area contributed by atoms with Gasteiger partial charge in [-0.1, -0.05) is 6.92 Å². The van der Waals surface area contributed by atoms with Crippen LogP contribution in [-0.4, -0.2) is 25.1 Å². The Morgan fingerprint density at radius 3 is 2.76 bits per heavy atom. The van der Waals surface area contributed by atoms with Gasteiger partial charge in [0.2, 0.25) is 0 Å². The van der Waals surface area contributed by atoms with Crippen molar-refractivity contribution in [2.24, 2.45) is 0 Å². The molecule has 0 radical (unpaired) electrons. The summed E-state index contributed by atoms with van der Waals surface area (Å²) in [4.78, 5) is 16.7. The van der Waals surface area contributed by atoms with E-state index in [0.717, 1.165) is 17.7 Å². The molecular weight excluding hydrogens is 340 g/mol. The first-order chi connectivity index (χ1) is 12.1. The van der Waals surface area contributed by atoms with Crippen molar-refractivity contribution in [2.75, 3.05) is 19.5 Å². The van der Waals surface area contributed by atoms with E-state index >= 15 is 0 Å². The summed E-state index contributed by atoms with van der Waals surface area (Å²) in [6, 6.07) is 8.94. The van der Waals surface area contributed by atoms with Gasteiger partial charge in [0.15, 0.2) is 10.9 Å². The normalized spacial score (nSPS) is 10.5. The number of ether oxygens (including phenoxy) is 2. The van der Waals surface area contributed by atoms with Crippen LogP contribution in [0.1, 0.15) is 23.2 Å². The molecule has 0 atom stereocenters. The van der Waals surface area contributed by atoms with Gasteiger partial charge in [0, 0.05) is 17.4 Å². The summed E-state index contributed by atoms with van der Waals surface area (Å²) in [5.74, 6) is 2.11. The molecule has 0 bridgehead atoms. The fourth-order valence-corrected chi connectivity index (χ4v) is 3.02. The first-order valence-corrected chi connectivity index (χ1v) is 8.60. The van der Waals surface area contributed by atoms with Crippen LogP contribution >= 0.6 is 11.3 Å². The van der Waals surface area contributed by atoms with Crippen molar-refractivity contribution in [3.05, 3.63) is 47.2 Å². The maximum absolute atomic E-state index is 12.2. The average molecular weight is 358 g/mol. The second kappa shape index (κ2) is 7.40. The van der Waals surface area contributed by atoms with Gasteiger partial charge in [-0.15, -0.1) is 11.3 Å². The Morgan fingerprint density at radius 1 is 1.24 bits per heavy atom. The maximum atomic E-state index is 12.2. The third-order valence-electron chi connectivity index (χ3n) is 3.64. The van der Waals surface area contributed by atoms with Crippen molar-refractivity contribution in [1.82, 2.24) is 4.98 Å². The molecule has 25 heavy (non-hydrogen) atoms. The molecule has 3 aromatic rings. The number of aryl methyl sites for hydroxylation is 1. The van der Waals surface area contributed by atoms with Crippen LogP contribution in [0.15, 0.2) is 40.1 Å². The Morgan fingerprint density at radius 2 is 2.08 bits per heavy atom. The Balaban J connectivity index is 1.81. The van der Waals surface area contributed by atoms with Gasteiger partial charge in [0.1, 0.15) is 17.3 Å². The SMILES string of the molecule is CCc1ccc(C(=O)Nc2nc(-c3cc(OC)ccc3OC)cs2)o1. The van der Waals surface area contributed by atoms with Crippen molar-refractivity contribution in [1.29, 1.82) is 0 Å². The van der Waals surface area contributed by atoms with Gasteiger partial charge in [0.05, 0.1) is 19.9 Å². The minimum absolute atomic E-state index is 0.271. The van der Waals surface area contributed by atoms with E-state index in [1.54, 1.807) is 26.4 Å². The summed E-state index contributed by atoms with van der Waals surface area (Å²) in [6.07, 6.45) is 0.740. The van der Waals surface area contributed by atoms with Gasteiger partial charge in [-0.25, -0.2) is 4.98 Å². The molecule has 2 heterocycles. The van der Waals surface area contributed by atoms with E-state index in [0.29, 0.717) is 22.3 Å². The average Bonchev–Trinajstić information content (AvgIpc) is 3.30. The van der Waals surface area contributed by atoms with Crippen molar-refractivity contribution in [2.45, 2.75) is 13.3 Å². The van der Waals surface area contributed by atoms with E-state index in [1.165, 1.54) is 11.3 Å². The van der Waals surface area contributed by atoms with E-state index in [4.69, 9.17) is 13.9 Å². The van der Waals surface area contributed by atoms with Gasteiger partial charge in [-0.05, 0) is 30.3 Å². The summed E-state index contributed by atoms with van der Waals surface area (Å²) in [6.45, 7) is 1.97. The van der Waals surface area contributed by atoms with Gasteiger partial charge in [-0.3, -0.25) is 10.1 Å². The molecule has 0 saturated carbocycles. The highest BCUT2D eigenvalue weighted by Gasteiger charge is 2.15. The van der Waals surface area contributed by atoms with E-state index in [-0.39, 0.29) is 11.7 Å². The number of thiazole rings is 1. The first-order valence-electron chi connectivity index (χ1n) is 7.72. The van der Waals surface area contributed by atoms with Gasteiger partial charge in [0.25, 0.3) is 5.91 Å². The maximum Gasteiger partial charge on any atom is 0.293 e. The van der Waals surface area contributed by atoms with E-state index in [2.05, 4.69) is 10.3 Å². The Kier molecular flexibility index (Phi) is 5.04. The zero-order valence-corrected chi connectivity index (χ0v) is 15.0. The highest BCUT2D eigenvalue weighted by Crippen LogP contribution is 2.35. The van der Waals surface area contributed by atoms with Crippen LogP contribution in [0.5, 0.6) is 11.5 Å². The molecule has 1 amide bonds. The number of hydrogen-bond acceptors (Lipinski definition) is 6. The number of amides is 1. The molecule has 1 aromatic carbocycles. The zero-order chi connectivity index (χ0) is 17.8. The number of nitrogens with one attached hydrogen (secondary N) is 1.